The van der Waals surface area contributed by atoms with Gasteiger partial charge in [-0.1, -0.05) is 48.5 Å². The molecule has 1 heterocycles. The van der Waals surface area contributed by atoms with E-state index >= 15 is 0 Å². The number of nitrogens with one attached hydrogen (secondary N) is 1. The van der Waals surface area contributed by atoms with E-state index in [-0.39, 0.29) is 0 Å². The van der Waals surface area contributed by atoms with Gasteiger partial charge in [-0.25, -0.2) is 0 Å². The predicted molar refractivity (Wildman–Crippen MR) is 77.3 cm³/mol. The van der Waals surface area contributed by atoms with Crippen LogP contribution in [0.5, 0.6) is 5.75 Å². The van der Waals surface area contributed by atoms with Crippen molar-refractivity contribution < 1.29 is 4.74 Å². The molecule has 2 aromatic rings. The number of hydrogen-bond acceptors (Lipinski definition) is 2. The van der Waals surface area contributed by atoms with Crippen LogP contribution in [0.4, 0.5) is 0 Å². The molecule has 0 saturated carbocycles. The Bertz CT molecular complexity index is 550. The Morgan fingerprint density at radius 1 is 1.11 bits per heavy atom. The molecule has 1 aliphatic rings. The molecule has 0 fully saturated rings. The van der Waals surface area contributed by atoms with Crippen LogP contribution < -0.4 is 10.1 Å². The number of benzene rings is 2. The Labute approximate surface area is 114 Å². The fourth-order valence-corrected chi connectivity index (χ4v) is 2.63. The maximum Gasteiger partial charge on any atom is 0.126 e. The monoisotopic (exact) mass is 253 g/mol. The molecule has 19 heavy (non-hydrogen) atoms. The second-order valence-electron chi connectivity index (χ2n) is 5.05. The minimum absolute atomic E-state index is 0.392. The maximum atomic E-state index is 5.80. The van der Waals surface area contributed by atoms with Crippen LogP contribution in [0.2, 0.25) is 0 Å². The summed E-state index contributed by atoms with van der Waals surface area (Å²) >= 11 is 0. The molecule has 1 unspecified atom stereocenters. The molecule has 0 aromatic heterocycles. The molecule has 2 aromatic carbocycles. The quantitative estimate of drug-likeness (QED) is 0.902. The summed E-state index contributed by atoms with van der Waals surface area (Å²) < 4.78 is 5.80. The number of hydrogen-bond donors (Lipinski definition) is 1. The topological polar surface area (TPSA) is 21.3 Å². The molecular weight excluding hydrogens is 234 g/mol. The molecule has 98 valence electrons. The lowest BCUT2D eigenvalue weighted by Crippen LogP contribution is -2.27. The lowest BCUT2D eigenvalue weighted by molar-refractivity contribution is 0.250. The van der Waals surface area contributed by atoms with Crippen molar-refractivity contribution in [2.45, 2.75) is 25.9 Å². The molecule has 1 N–H and O–H groups in total. The Morgan fingerprint density at radius 2 is 1.95 bits per heavy atom. The molecule has 1 aliphatic heterocycles. The summed E-state index contributed by atoms with van der Waals surface area (Å²) in [6, 6.07) is 17.3. The third-order valence-corrected chi connectivity index (χ3v) is 3.67. The van der Waals surface area contributed by atoms with Gasteiger partial charge in [-0.05, 0) is 18.1 Å². The average Bonchev–Trinajstić information content (AvgIpc) is 2.47. The van der Waals surface area contributed by atoms with Crippen molar-refractivity contribution in [3.8, 4) is 5.75 Å². The van der Waals surface area contributed by atoms with Crippen LogP contribution >= 0.6 is 0 Å². The van der Waals surface area contributed by atoms with Crippen LogP contribution in [-0.4, -0.2) is 6.61 Å². The van der Waals surface area contributed by atoms with E-state index in [9.17, 15) is 0 Å². The van der Waals surface area contributed by atoms with Gasteiger partial charge in [0.25, 0.3) is 0 Å². The first-order valence-electron chi connectivity index (χ1n) is 6.84. The van der Waals surface area contributed by atoms with E-state index in [0.717, 1.165) is 25.3 Å². The highest BCUT2D eigenvalue weighted by Gasteiger charge is 2.21. The molecule has 0 saturated heterocycles. The van der Waals surface area contributed by atoms with Crippen molar-refractivity contribution in [2.75, 3.05) is 6.61 Å². The summed E-state index contributed by atoms with van der Waals surface area (Å²) in [7, 11) is 0. The lowest BCUT2D eigenvalue weighted by Gasteiger charge is -2.28. The molecule has 0 spiro atoms. The van der Waals surface area contributed by atoms with Gasteiger partial charge in [0, 0.05) is 24.6 Å². The van der Waals surface area contributed by atoms with Gasteiger partial charge in [0.1, 0.15) is 5.75 Å². The predicted octanol–water partition coefficient (Wildman–Crippen LogP) is 3.61. The largest absolute Gasteiger partial charge is 0.493 e. The van der Waals surface area contributed by atoms with Gasteiger partial charge in [-0.15, -0.1) is 0 Å². The van der Waals surface area contributed by atoms with Gasteiger partial charge in [0.2, 0.25) is 0 Å². The van der Waals surface area contributed by atoms with Crippen molar-refractivity contribution in [2.24, 2.45) is 0 Å². The Balaban J connectivity index is 1.75. The molecular formula is C17H19NO. The first kappa shape index (κ1) is 12.2. The van der Waals surface area contributed by atoms with E-state index in [1.54, 1.807) is 0 Å². The highest BCUT2D eigenvalue weighted by molar-refractivity contribution is 5.43. The summed E-state index contributed by atoms with van der Waals surface area (Å²) in [4.78, 5) is 0. The summed E-state index contributed by atoms with van der Waals surface area (Å²) in [6.45, 7) is 3.81. The van der Waals surface area contributed by atoms with Crippen LogP contribution in [0.25, 0.3) is 0 Å². The summed E-state index contributed by atoms with van der Waals surface area (Å²) in [5, 5.41) is 3.64. The van der Waals surface area contributed by atoms with Crippen molar-refractivity contribution in [3.63, 3.8) is 0 Å². The number of para-hydroxylation sites is 1. The van der Waals surface area contributed by atoms with Crippen molar-refractivity contribution in [1.29, 1.82) is 0 Å². The van der Waals surface area contributed by atoms with Gasteiger partial charge in [0.15, 0.2) is 0 Å². The zero-order chi connectivity index (χ0) is 13.1. The van der Waals surface area contributed by atoms with Gasteiger partial charge in [-0.3, -0.25) is 0 Å². The van der Waals surface area contributed by atoms with E-state index in [4.69, 9.17) is 4.74 Å². The summed E-state index contributed by atoms with van der Waals surface area (Å²) in [5.74, 6) is 1.07. The van der Waals surface area contributed by atoms with E-state index in [2.05, 4.69) is 60.8 Å². The van der Waals surface area contributed by atoms with E-state index in [0.29, 0.717) is 6.04 Å². The molecule has 0 radical (unpaired) electrons. The number of rotatable bonds is 3. The Kier molecular flexibility index (Phi) is 3.51. The number of aryl methyl sites for hydroxylation is 1. The van der Waals surface area contributed by atoms with Crippen LogP contribution in [0.3, 0.4) is 0 Å². The molecule has 0 amide bonds. The second kappa shape index (κ2) is 5.45. The van der Waals surface area contributed by atoms with E-state index in [1.165, 1.54) is 16.7 Å². The third-order valence-electron chi connectivity index (χ3n) is 3.67. The molecule has 2 nitrogen and oxygen atoms in total. The highest BCUT2D eigenvalue weighted by atomic mass is 16.5. The molecule has 0 bridgehead atoms. The minimum atomic E-state index is 0.392. The first-order valence-corrected chi connectivity index (χ1v) is 6.84. The fraction of sp³-hybridized carbons (Fsp3) is 0.294. The third kappa shape index (κ3) is 2.64. The second-order valence-corrected chi connectivity index (χ2v) is 5.05. The zero-order valence-corrected chi connectivity index (χ0v) is 11.2. The smallest absolute Gasteiger partial charge is 0.126 e. The Hall–Kier alpha value is -1.80. The number of ether oxygens (including phenoxy) is 1. The summed E-state index contributed by atoms with van der Waals surface area (Å²) in [5.41, 5.74) is 3.84. The standard InChI is InChI=1S/C17H19NO/c1-13-6-5-9-15-16(10-11-19-17(13)15)18-12-14-7-3-2-4-8-14/h2-9,16,18H,10-12H2,1H3. The van der Waals surface area contributed by atoms with Crippen LogP contribution in [0.15, 0.2) is 48.5 Å². The fourth-order valence-electron chi connectivity index (χ4n) is 2.63. The zero-order valence-electron chi connectivity index (χ0n) is 11.2. The normalized spacial score (nSPS) is 17.6. The highest BCUT2D eigenvalue weighted by Crippen LogP contribution is 2.34. The SMILES string of the molecule is Cc1cccc2c1OCCC2NCc1ccccc1. The van der Waals surface area contributed by atoms with Crippen LogP contribution in [-0.2, 0) is 6.54 Å². The van der Waals surface area contributed by atoms with Crippen molar-refractivity contribution in [1.82, 2.24) is 5.32 Å². The van der Waals surface area contributed by atoms with E-state index < -0.39 is 0 Å². The Morgan fingerprint density at radius 3 is 2.79 bits per heavy atom. The molecule has 1 atom stereocenters. The average molecular weight is 253 g/mol. The van der Waals surface area contributed by atoms with Gasteiger partial charge < -0.3 is 10.1 Å². The molecule has 0 aliphatic carbocycles. The van der Waals surface area contributed by atoms with Crippen LogP contribution in [0.1, 0.15) is 29.2 Å². The van der Waals surface area contributed by atoms with Gasteiger partial charge in [0.05, 0.1) is 6.61 Å². The van der Waals surface area contributed by atoms with Crippen molar-refractivity contribution in [3.05, 3.63) is 65.2 Å². The van der Waals surface area contributed by atoms with Gasteiger partial charge in [-0.2, -0.15) is 0 Å². The van der Waals surface area contributed by atoms with Gasteiger partial charge >= 0.3 is 0 Å². The number of fused-ring (bicyclic) bond motifs is 1. The van der Waals surface area contributed by atoms with Crippen molar-refractivity contribution >= 4 is 0 Å². The van der Waals surface area contributed by atoms with E-state index in [1.807, 2.05) is 0 Å². The lowest BCUT2D eigenvalue weighted by atomic mass is 9.98. The maximum absolute atomic E-state index is 5.80. The summed E-state index contributed by atoms with van der Waals surface area (Å²) in [6.07, 6.45) is 1.03. The molecule has 3 rings (SSSR count). The minimum Gasteiger partial charge on any atom is -0.493 e. The molecule has 2 heteroatoms. The first-order chi connectivity index (χ1) is 9.34. The van der Waals surface area contributed by atoms with Crippen LogP contribution in [0, 0.1) is 6.92 Å².